The molecule has 7 nitrogen and oxygen atoms in total. The van der Waals surface area contributed by atoms with Crippen molar-refractivity contribution in [3.05, 3.63) is 94.4 Å². The van der Waals surface area contributed by atoms with E-state index in [-0.39, 0.29) is 11.8 Å². The number of carbonyl (C=O) groups is 1. The van der Waals surface area contributed by atoms with Gasteiger partial charge in [-0.1, -0.05) is 42.5 Å². The summed E-state index contributed by atoms with van der Waals surface area (Å²) in [5, 5.41) is 4.87. The molecule has 1 unspecified atom stereocenters. The fourth-order valence-electron chi connectivity index (χ4n) is 4.82. The van der Waals surface area contributed by atoms with Crippen LogP contribution in [0, 0.1) is 20.8 Å². The summed E-state index contributed by atoms with van der Waals surface area (Å²) in [7, 11) is 0. The number of fused-ring (bicyclic) bond motifs is 1. The summed E-state index contributed by atoms with van der Waals surface area (Å²) in [5.74, 6) is 1.97. The van der Waals surface area contributed by atoms with Gasteiger partial charge >= 0.3 is 0 Å². The molecule has 0 N–H and O–H groups in total. The standard InChI is InChI=1S/C28H29N5O2/c1-5-35-23-13-11-22(12-14-23)24-16-25(34)32(17-21-9-7-6-8-10-21)27-26(24)20(4)31-33(27)28-29-18(2)15-19(3)30-28/h6-15,24H,5,16-17H2,1-4H3. The highest BCUT2D eigenvalue weighted by atomic mass is 16.5. The second-order valence-corrected chi connectivity index (χ2v) is 8.91. The van der Waals surface area contributed by atoms with Gasteiger partial charge in [0.05, 0.1) is 18.8 Å². The van der Waals surface area contributed by atoms with Gasteiger partial charge in [-0.15, -0.1) is 0 Å². The molecule has 2 aromatic carbocycles. The largest absolute Gasteiger partial charge is 0.494 e. The summed E-state index contributed by atoms with van der Waals surface area (Å²) in [6.45, 7) is 8.91. The number of hydrogen-bond acceptors (Lipinski definition) is 5. The molecule has 0 radical (unpaired) electrons. The molecule has 0 aliphatic carbocycles. The van der Waals surface area contributed by atoms with Gasteiger partial charge in [-0.3, -0.25) is 9.69 Å². The Balaban J connectivity index is 1.67. The van der Waals surface area contributed by atoms with Crippen LogP contribution in [0.1, 0.15) is 53.0 Å². The molecule has 1 amide bonds. The molecule has 35 heavy (non-hydrogen) atoms. The van der Waals surface area contributed by atoms with Crippen molar-refractivity contribution in [3.63, 3.8) is 0 Å². The highest BCUT2D eigenvalue weighted by Gasteiger charge is 2.38. The third-order valence-corrected chi connectivity index (χ3v) is 6.30. The number of aryl methyl sites for hydroxylation is 3. The smallest absolute Gasteiger partial charge is 0.252 e. The van der Waals surface area contributed by atoms with Gasteiger partial charge in [-0.2, -0.15) is 9.78 Å². The van der Waals surface area contributed by atoms with Crippen LogP contribution in [0.5, 0.6) is 5.75 Å². The van der Waals surface area contributed by atoms with Gasteiger partial charge in [0, 0.05) is 29.3 Å². The number of anilines is 1. The molecule has 0 fully saturated rings. The average Bonchev–Trinajstić information content (AvgIpc) is 3.19. The number of benzene rings is 2. The topological polar surface area (TPSA) is 73.1 Å². The summed E-state index contributed by atoms with van der Waals surface area (Å²) < 4.78 is 7.36. The van der Waals surface area contributed by atoms with Crippen molar-refractivity contribution in [1.29, 1.82) is 0 Å². The maximum absolute atomic E-state index is 13.7. The molecule has 3 heterocycles. The molecule has 7 heteroatoms. The molecule has 0 saturated carbocycles. The molecule has 5 rings (SSSR count). The molecule has 178 valence electrons. The Bertz CT molecular complexity index is 1340. The number of ether oxygens (including phenoxy) is 1. The fraction of sp³-hybridized carbons (Fsp3) is 0.286. The minimum absolute atomic E-state index is 0.0470. The Labute approximate surface area is 205 Å². The molecule has 4 aromatic rings. The summed E-state index contributed by atoms with van der Waals surface area (Å²) >= 11 is 0. The van der Waals surface area contributed by atoms with E-state index < -0.39 is 0 Å². The van der Waals surface area contributed by atoms with Gasteiger partial charge in [0.1, 0.15) is 11.6 Å². The summed E-state index contributed by atoms with van der Waals surface area (Å²) in [4.78, 5) is 24.8. The van der Waals surface area contributed by atoms with Crippen molar-refractivity contribution in [2.24, 2.45) is 0 Å². The van der Waals surface area contributed by atoms with E-state index in [4.69, 9.17) is 9.84 Å². The van der Waals surface area contributed by atoms with E-state index in [1.807, 2.05) is 93.3 Å². The van der Waals surface area contributed by atoms with Gasteiger partial charge in [-0.05, 0) is 57.0 Å². The molecule has 0 saturated heterocycles. The van der Waals surface area contributed by atoms with E-state index in [0.29, 0.717) is 25.5 Å². The second kappa shape index (κ2) is 9.33. The fourth-order valence-corrected chi connectivity index (χ4v) is 4.82. The van der Waals surface area contributed by atoms with Crippen molar-refractivity contribution in [3.8, 4) is 11.7 Å². The summed E-state index contributed by atoms with van der Waals surface area (Å²) in [6, 6.07) is 20.0. The van der Waals surface area contributed by atoms with E-state index in [0.717, 1.165) is 45.3 Å². The van der Waals surface area contributed by atoms with E-state index >= 15 is 0 Å². The van der Waals surface area contributed by atoms with Crippen LogP contribution in [0.15, 0.2) is 60.7 Å². The maximum Gasteiger partial charge on any atom is 0.252 e. The first-order valence-corrected chi connectivity index (χ1v) is 11.9. The quantitative estimate of drug-likeness (QED) is 0.397. The lowest BCUT2D eigenvalue weighted by Crippen LogP contribution is -2.38. The van der Waals surface area contributed by atoms with E-state index in [1.165, 1.54) is 0 Å². The Kier molecular flexibility index (Phi) is 6.07. The van der Waals surface area contributed by atoms with Crippen molar-refractivity contribution in [2.75, 3.05) is 11.5 Å². The van der Waals surface area contributed by atoms with Crippen LogP contribution in [0.3, 0.4) is 0 Å². The number of nitrogens with zero attached hydrogens (tertiary/aromatic N) is 5. The minimum Gasteiger partial charge on any atom is -0.494 e. The van der Waals surface area contributed by atoms with Gasteiger partial charge in [-0.25, -0.2) is 9.97 Å². The van der Waals surface area contributed by atoms with Crippen LogP contribution >= 0.6 is 0 Å². The van der Waals surface area contributed by atoms with Crippen LogP contribution in [0.2, 0.25) is 0 Å². The third kappa shape index (κ3) is 4.41. The predicted molar refractivity (Wildman–Crippen MR) is 135 cm³/mol. The lowest BCUT2D eigenvalue weighted by Gasteiger charge is -2.33. The molecule has 0 spiro atoms. The first kappa shape index (κ1) is 22.8. The van der Waals surface area contributed by atoms with Crippen molar-refractivity contribution >= 4 is 11.7 Å². The van der Waals surface area contributed by atoms with Crippen LogP contribution in [0.25, 0.3) is 5.95 Å². The zero-order chi connectivity index (χ0) is 24.5. The van der Waals surface area contributed by atoms with E-state index in [2.05, 4.69) is 9.97 Å². The highest BCUT2D eigenvalue weighted by Crippen LogP contribution is 2.43. The number of aromatic nitrogens is 4. The molecular weight excluding hydrogens is 438 g/mol. The monoisotopic (exact) mass is 467 g/mol. The predicted octanol–water partition coefficient (Wildman–Crippen LogP) is 5.06. The second-order valence-electron chi connectivity index (χ2n) is 8.91. The van der Waals surface area contributed by atoms with Crippen LogP contribution in [-0.2, 0) is 11.3 Å². The zero-order valence-electron chi connectivity index (χ0n) is 20.5. The lowest BCUT2D eigenvalue weighted by molar-refractivity contribution is -0.119. The summed E-state index contributed by atoms with van der Waals surface area (Å²) in [6.07, 6.45) is 0.369. The normalized spacial score (nSPS) is 15.3. The van der Waals surface area contributed by atoms with Crippen LogP contribution < -0.4 is 9.64 Å². The molecule has 0 bridgehead atoms. The molecule has 1 atom stereocenters. The molecule has 1 aliphatic rings. The minimum atomic E-state index is -0.111. The maximum atomic E-state index is 13.7. The van der Waals surface area contributed by atoms with Crippen molar-refractivity contribution < 1.29 is 9.53 Å². The van der Waals surface area contributed by atoms with E-state index in [1.54, 1.807) is 4.68 Å². The third-order valence-electron chi connectivity index (χ3n) is 6.30. The first-order valence-electron chi connectivity index (χ1n) is 11.9. The molecule has 2 aromatic heterocycles. The average molecular weight is 468 g/mol. The Morgan fingerprint density at radius 2 is 1.66 bits per heavy atom. The Hall–Kier alpha value is -4.00. The SMILES string of the molecule is CCOc1ccc(C2CC(=O)N(Cc3ccccc3)c3c2c(C)nn3-c2nc(C)cc(C)n2)cc1. The van der Waals surface area contributed by atoms with Gasteiger partial charge in [0.25, 0.3) is 5.95 Å². The van der Waals surface area contributed by atoms with Gasteiger partial charge in [0.15, 0.2) is 0 Å². The van der Waals surface area contributed by atoms with E-state index in [9.17, 15) is 4.79 Å². The molecule has 1 aliphatic heterocycles. The Morgan fingerprint density at radius 1 is 0.971 bits per heavy atom. The van der Waals surface area contributed by atoms with Crippen molar-refractivity contribution in [2.45, 2.75) is 46.6 Å². The highest BCUT2D eigenvalue weighted by molar-refractivity contribution is 5.97. The number of carbonyl (C=O) groups excluding carboxylic acids is 1. The van der Waals surface area contributed by atoms with Gasteiger partial charge < -0.3 is 4.74 Å². The number of rotatable bonds is 6. The molecular formula is C28H29N5O2. The Morgan fingerprint density at radius 3 is 2.31 bits per heavy atom. The summed E-state index contributed by atoms with van der Waals surface area (Å²) in [5.41, 5.74) is 5.73. The first-order chi connectivity index (χ1) is 16.9. The lowest BCUT2D eigenvalue weighted by atomic mass is 9.85. The van der Waals surface area contributed by atoms with Gasteiger partial charge in [0.2, 0.25) is 5.91 Å². The van der Waals surface area contributed by atoms with Crippen LogP contribution in [-0.4, -0.2) is 32.3 Å². The van der Waals surface area contributed by atoms with Crippen LogP contribution in [0.4, 0.5) is 5.82 Å². The number of hydrogen-bond donors (Lipinski definition) is 0. The van der Waals surface area contributed by atoms with Crippen molar-refractivity contribution in [1.82, 2.24) is 19.7 Å². The zero-order valence-corrected chi connectivity index (χ0v) is 20.5. The number of amides is 1.